The lowest BCUT2D eigenvalue weighted by molar-refractivity contribution is -0.258. The van der Waals surface area contributed by atoms with Gasteiger partial charge in [-0.2, -0.15) is 0 Å². The van der Waals surface area contributed by atoms with E-state index in [4.69, 9.17) is 23.7 Å². The Morgan fingerprint density at radius 2 is 1.83 bits per heavy atom. The van der Waals surface area contributed by atoms with Crippen molar-refractivity contribution in [3.8, 4) is 0 Å². The molecule has 200 valence electrons. The Bertz CT molecular complexity index is 968. The van der Waals surface area contributed by atoms with E-state index in [2.05, 4.69) is 0 Å². The number of cyclic esters (lactones) is 1. The second-order valence-corrected chi connectivity index (χ2v) is 11.1. The number of aliphatic hydroxyl groups excluding tert-OH is 1. The summed E-state index contributed by atoms with van der Waals surface area (Å²) in [5.74, 6) is -2.47. The van der Waals surface area contributed by atoms with Gasteiger partial charge >= 0.3 is 23.9 Å². The van der Waals surface area contributed by atoms with Crippen LogP contribution in [0.15, 0.2) is 11.6 Å². The molecule has 4 aliphatic rings. The van der Waals surface area contributed by atoms with E-state index in [1.807, 2.05) is 13.8 Å². The molecule has 0 aromatic carbocycles. The second kappa shape index (κ2) is 9.45. The van der Waals surface area contributed by atoms with Gasteiger partial charge in [0, 0.05) is 38.3 Å². The lowest BCUT2D eigenvalue weighted by Gasteiger charge is -2.64. The van der Waals surface area contributed by atoms with Crippen molar-refractivity contribution in [3.63, 3.8) is 0 Å². The van der Waals surface area contributed by atoms with Gasteiger partial charge in [0.15, 0.2) is 0 Å². The minimum Gasteiger partial charge on any atom is -0.465 e. The number of hydrogen-bond acceptors (Lipinski definition) is 10. The first-order chi connectivity index (χ1) is 16.8. The van der Waals surface area contributed by atoms with Crippen LogP contribution in [0.5, 0.6) is 0 Å². The maximum absolute atomic E-state index is 12.3. The fourth-order valence-corrected chi connectivity index (χ4v) is 7.19. The molecule has 4 rings (SSSR count). The Balaban J connectivity index is 1.85. The predicted molar refractivity (Wildman–Crippen MR) is 123 cm³/mol. The molecule has 3 fully saturated rings. The predicted octanol–water partition coefficient (Wildman–Crippen LogP) is 1.86. The molecular weight excluding hydrogens is 472 g/mol. The summed E-state index contributed by atoms with van der Waals surface area (Å²) in [7, 11) is 0. The molecule has 36 heavy (non-hydrogen) atoms. The van der Waals surface area contributed by atoms with Crippen molar-refractivity contribution in [2.45, 2.75) is 84.2 Å². The van der Waals surface area contributed by atoms with Gasteiger partial charge in [-0.3, -0.25) is 14.4 Å². The number of hydrogen-bond donors (Lipinski definition) is 1. The summed E-state index contributed by atoms with van der Waals surface area (Å²) in [6.07, 6.45) is 0.832. The van der Waals surface area contributed by atoms with Crippen LogP contribution in [0.1, 0.15) is 60.3 Å². The number of carbonyl (C=O) groups excluding carboxylic acids is 4. The zero-order chi connectivity index (χ0) is 26.5. The highest BCUT2D eigenvalue weighted by molar-refractivity contribution is 5.85. The van der Waals surface area contributed by atoms with Crippen molar-refractivity contribution in [3.05, 3.63) is 11.6 Å². The topological polar surface area (TPSA) is 138 Å². The third-order valence-electron chi connectivity index (χ3n) is 8.96. The Labute approximate surface area is 210 Å². The minimum atomic E-state index is -1.000. The SMILES string of the molecule is CC(=O)OC[C@@]12C(C(OC(C)=O)CC[C@]13CO3)[C@@](C)(C[C@H](O)C1=CC(=O)OC1)[C@H](C)C[C@@H]2OC(C)=O. The van der Waals surface area contributed by atoms with Crippen LogP contribution in [-0.2, 0) is 42.9 Å². The zero-order valence-corrected chi connectivity index (χ0v) is 21.5. The van der Waals surface area contributed by atoms with Crippen molar-refractivity contribution >= 4 is 23.9 Å². The standard InChI is InChI=1S/C26H36O10/c1-14-8-21(36-17(4)29)26(13-33-15(2)27)23(20(35-16(3)28)6-7-25(26)12-34-25)24(14,5)10-19(30)18-9-22(31)32-11-18/h9,14,19-21,23,30H,6-8,10-13H2,1-5H3/t14-,19+,20?,21+,23?,24+,25+,26-/m1/s1. The number of epoxide rings is 1. The fraction of sp³-hybridized carbons (Fsp3) is 0.769. The summed E-state index contributed by atoms with van der Waals surface area (Å²) in [6, 6.07) is 0. The summed E-state index contributed by atoms with van der Waals surface area (Å²) < 4.78 is 28.5. The number of carbonyl (C=O) groups is 4. The van der Waals surface area contributed by atoms with Crippen LogP contribution >= 0.6 is 0 Å². The second-order valence-electron chi connectivity index (χ2n) is 11.1. The van der Waals surface area contributed by atoms with Crippen LogP contribution in [0, 0.1) is 22.7 Å². The van der Waals surface area contributed by atoms with Gasteiger partial charge in [0.25, 0.3) is 0 Å². The van der Waals surface area contributed by atoms with E-state index in [1.54, 1.807) is 0 Å². The van der Waals surface area contributed by atoms with Crippen molar-refractivity contribution < 1.29 is 48.0 Å². The number of rotatable bonds is 7. The Hall–Kier alpha value is -2.46. The van der Waals surface area contributed by atoms with Crippen LogP contribution in [-0.4, -0.2) is 72.7 Å². The van der Waals surface area contributed by atoms with Crippen molar-refractivity contribution in [1.29, 1.82) is 0 Å². The summed E-state index contributed by atoms with van der Waals surface area (Å²) >= 11 is 0. The zero-order valence-electron chi connectivity index (χ0n) is 21.5. The highest BCUT2D eigenvalue weighted by atomic mass is 16.6. The molecule has 1 saturated heterocycles. The Morgan fingerprint density at radius 1 is 1.17 bits per heavy atom. The molecule has 0 aromatic heterocycles. The first-order valence-corrected chi connectivity index (χ1v) is 12.5. The largest absolute Gasteiger partial charge is 0.465 e. The van der Waals surface area contributed by atoms with Gasteiger partial charge in [0.05, 0.1) is 18.1 Å². The molecule has 2 aliphatic carbocycles. The molecule has 10 nitrogen and oxygen atoms in total. The van der Waals surface area contributed by atoms with Gasteiger partial charge in [-0.05, 0) is 37.0 Å². The monoisotopic (exact) mass is 508 g/mol. The quantitative estimate of drug-likeness (QED) is 0.308. The highest BCUT2D eigenvalue weighted by Gasteiger charge is 2.77. The number of ether oxygens (including phenoxy) is 5. The molecule has 10 heteroatoms. The molecule has 0 bridgehead atoms. The van der Waals surface area contributed by atoms with E-state index in [9.17, 15) is 24.3 Å². The first kappa shape index (κ1) is 26.6. The lowest BCUT2D eigenvalue weighted by Crippen LogP contribution is -2.71. The average molecular weight is 509 g/mol. The smallest absolute Gasteiger partial charge is 0.331 e. The van der Waals surface area contributed by atoms with E-state index in [0.29, 0.717) is 31.4 Å². The molecular formula is C26H36O10. The summed E-state index contributed by atoms with van der Waals surface area (Å²) in [5.41, 5.74) is -1.91. The molecule has 1 N–H and O–H groups in total. The molecule has 2 aliphatic heterocycles. The maximum Gasteiger partial charge on any atom is 0.331 e. The molecule has 2 unspecified atom stereocenters. The third kappa shape index (κ3) is 4.42. The fourth-order valence-electron chi connectivity index (χ4n) is 7.19. The normalized spacial score (nSPS) is 39.9. The summed E-state index contributed by atoms with van der Waals surface area (Å²) in [4.78, 5) is 48.2. The first-order valence-electron chi connectivity index (χ1n) is 12.5. The van der Waals surface area contributed by atoms with Gasteiger partial charge in [0.2, 0.25) is 0 Å². The molecule has 2 saturated carbocycles. The van der Waals surface area contributed by atoms with Crippen molar-refractivity contribution in [2.75, 3.05) is 19.8 Å². The molecule has 0 radical (unpaired) electrons. The van der Waals surface area contributed by atoms with Gasteiger partial charge in [-0.1, -0.05) is 13.8 Å². The molecule has 1 spiro atoms. The van der Waals surface area contributed by atoms with Gasteiger partial charge in [0.1, 0.15) is 31.0 Å². The van der Waals surface area contributed by atoms with Crippen LogP contribution < -0.4 is 0 Å². The van der Waals surface area contributed by atoms with E-state index in [-0.39, 0.29) is 25.6 Å². The lowest BCUT2D eigenvalue weighted by atomic mass is 9.42. The minimum absolute atomic E-state index is 0.0181. The Morgan fingerprint density at radius 3 is 2.36 bits per heavy atom. The van der Waals surface area contributed by atoms with Gasteiger partial charge < -0.3 is 28.8 Å². The summed E-state index contributed by atoms with van der Waals surface area (Å²) in [5, 5.41) is 11.2. The van der Waals surface area contributed by atoms with Crippen molar-refractivity contribution in [2.24, 2.45) is 22.7 Å². The summed E-state index contributed by atoms with van der Waals surface area (Å²) in [6.45, 7) is 8.38. The van der Waals surface area contributed by atoms with Crippen LogP contribution in [0.4, 0.5) is 0 Å². The van der Waals surface area contributed by atoms with E-state index in [1.165, 1.54) is 26.8 Å². The van der Waals surface area contributed by atoms with E-state index < -0.39 is 64.5 Å². The molecule has 0 amide bonds. The molecule has 8 atom stereocenters. The molecule has 0 aromatic rings. The number of aliphatic hydroxyl groups is 1. The van der Waals surface area contributed by atoms with E-state index in [0.717, 1.165) is 0 Å². The van der Waals surface area contributed by atoms with Gasteiger partial charge in [-0.15, -0.1) is 0 Å². The Kier molecular flexibility index (Phi) is 6.98. The average Bonchev–Trinajstić information content (AvgIpc) is 3.42. The van der Waals surface area contributed by atoms with Crippen molar-refractivity contribution in [1.82, 2.24) is 0 Å². The maximum atomic E-state index is 12.3. The van der Waals surface area contributed by atoms with Crippen LogP contribution in [0.2, 0.25) is 0 Å². The highest BCUT2D eigenvalue weighted by Crippen LogP contribution is 2.69. The number of fused-ring (bicyclic) bond motifs is 2. The number of esters is 4. The van der Waals surface area contributed by atoms with Gasteiger partial charge in [-0.25, -0.2) is 4.79 Å². The third-order valence-corrected chi connectivity index (χ3v) is 8.96. The molecule has 2 heterocycles. The van der Waals surface area contributed by atoms with Crippen LogP contribution in [0.25, 0.3) is 0 Å². The van der Waals surface area contributed by atoms with Crippen LogP contribution in [0.3, 0.4) is 0 Å². The van der Waals surface area contributed by atoms with E-state index >= 15 is 0 Å².